The Morgan fingerprint density at radius 3 is 2.90 bits per heavy atom. The zero-order valence-corrected chi connectivity index (χ0v) is 12.9. The zero-order chi connectivity index (χ0) is 14.3. The lowest BCUT2D eigenvalue weighted by Crippen LogP contribution is -1.92. The maximum Gasteiger partial charge on any atom is 0.110 e. The summed E-state index contributed by atoms with van der Waals surface area (Å²) in [5.74, 6) is 1.76. The Balaban J connectivity index is 2.10. The number of halogens is 1. The first-order chi connectivity index (χ1) is 9.60. The lowest BCUT2D eigenvalue weighted by Gasteiger charge is -1.99. The number of H-pyrrole nitrogens is 1. The molecule has 0 atom stereocenters. The van der Waals surface area contributed by atoms with Gasteiger partial charge in [0.25, 0.3) is 0 Å². The third kappa shape index (κ3) is 2.14. The molecule has 0 bridgehead atoms. The molecule has 2 N–H and O–H groups in total. The van der Waals surface area contributed by atoms with Crippen LogP contribution in [0.5, 0.6) is 0 Å². The van der Waals surface area contributed by atoms with E-state index in [-0.39, 0.29) is 6.61 Å². The Hall–Kier alpha value is -1.66. The van der Waals surface area contributed by atoms with Crippen LogP contribution >= 0.6 is 15.9 Å². The SMILES string of the molecule is Cc1nc2cc(-c3nc(CCO)[nH]c3Br)ccc2n1C. The highest BCUT2D eigenvalue weighted by atomic mass is 79.9. The van der Waals surface area contributed by atoms with Gasteiger partial charge in [0, 0.05) is 19.0 Å². The number of aromatic amines is 1. The van der Waals surface area contributed by atoms with E-state index < -0.39 is 0 Å². The molecule has 0 unspecified atom stereocenters. The number of hydrogen-bond donors (Lipinski definition) is 2. The first kappa shape index (κ1) is 13.3. The Kier molecular flexibility index (Phi) is 3.35. The number of benzene rings is 1. The maximum absolute atomic E-state index is 8.98. The Bertz CT molecular complexity index is 775. The summed E-state index contributed by atoms with van der Waals surface area (Å²) in [5, 5.41) is 8.98. The van der Waals surface area contributed by atoms with Gasteiger partial charge in [-0.05, 0) is 35.0 Å². The van der Waals surface area contributed by atoms with Crippen molar-refractivity contribution < 1.29 is 5.11 Å². The van der Waals surface area contributed by atoms with Crippen LogP contribution < -0.4 is 0 Å². The molecule has 0 spiro atoms. The lowest BCUT2D eigenvalue weighted by atomic mass is 10.1. The minimum Gasteiger partial charge on any atom is -0.396 e. The maximum atomic E-state index is 8.98. The van der Waals surface area contributed by atoms with Gasteiger partial charge in [0.1, 0.15) is 21.9 Å². The number of fused-ring (bicyclic) bond motifs is 1. The molecule has 0 fully saturated rings. The summed E-state index contributed by atoms with van der Waals surface area (Å²) in [6.07, 6.45) is 0.517. The standard InChI is InChI=1S/C14H15BrN4O/c1-8-16-10-7-9(3-4-11(10)19(8)2)13-14(15)18-12(17-13)5-6-20/h3-4,7,20H,5-6H2,1-2H3,(H,17,18). The predicted molar refractivity (Wildman–Crippen MR) is 81.5 cm³/mol. The fraction of sp³-hybridized carbons (Fsp3) is 0.286. The molecule has 0 aliphatic rings. The second-order valence-electron chi connectivity index (χ2n) is 4.74. The van der Waals surface area contributed by atoms with Crippen molar-refractivity contribution in [1.82, 2.24) is 19.5 Å². The molecular formula is C14H15BrN4O. The quantitative estimate of drug-likeness (QED) is 0.773. The molecule has 2 heterocycles. The molecule has 3 rings (SSSR count). The highest BCUT2D eigenvalue weighted by molar-refractivity contribution is 9.10. The van der Waals surface area contributed by atoms with Gasteiger partial charge in [-0.1, -0.05) is 6.07 Å². The van der Waals surface area contributed by atoms with E-state index in [1.807, 2.05) is 26.1 Å². The van der Waals surface area contributed by atoms with Crippen molar-refractivity contribution in [2.24, 2.45) is 7.05 Å². The summed E-state index contributed by atoms with van der Waals surface area (Å²) in [4.78, 5) is 12.2. The number of rotatable bonds is 3. The van der Waals surface area contributed by atoms with Crippen LogP contribution in [0.25, 0.3) is 22.3 Å². The predicted octanol–water partition coefficient (Wildman–Crippen LogP) is 2.57. The van der Waals surface area contributed by atoms with Crippen molar-refractivity contribution in [3.63, 3.8) is 0 Å². The van der Waals surface area contributed by atoms with Crippen LogP contribution in [0.1, 0.15) is 11.6 Å². The molecular weight excluding hydrogens is 320 g/mol. The van der Waals surface area contributed by atoms with E-state index >= 15 is 0 Å². The van der Waals surface area contributed by atoms with Gasteiger partial charge >= 0.3 is 0 Å². The van der Waals surface area contributed by atoms with E-state index in [1.54, 1.807) is 0 Å². The van der Waals surface area contributed by atoms with E-state index in [4.69, 9.17) is 5.11 Å². The van der Waals surface area contributed by atoms with Gasteiger partial charge < -0.3 is 14.7 Å². The Morgan fingerprint density at radius 1 is 1.35 bits per heavy atom. The van der Waals surface area contributed by atoms with Crippen molar-refractivity contribution in [3.05, 3.63) is 34.5 Å². The second kappa shape index (κ2) is 5.03. The summed E-state index contributed by atoms with van der Waals surface area (Å²) in [6, 6.07) is 6.12. The zero-order valence-electron chi connectivity index (χ0n) is 11.3. The van der Waals surface area contributed by atoms with Crippen LogP contribution in [0.15, 0.2) is 22.8 Å². The van der Waals surface area contributed by atoms with E-state index in [0.717, 1.165) is 38.5 Å². The number of imidazole rings is 2. The molecule has 0 aliphatic heterocycles. The molecule has 20 heavy (non-hydrogen) atoms. The van der Waals surface area contributed by atoms with Crippen LogP contribution in [-0.2, 0) is 13.5 Å². The van der Waals surface area contributed by atoms with E-state index in [0.29, 0.717) is 6.42 Å². The second-order valence-corrected chi connectivity index (χ2v) is 5.53. The lowest BCUT2D eigenvalue weighted by molar-refractivity contribution is 0.297. The average Bonchev–Trinajstić information content (AvgIpc) is 2.91. The fourth-order valence-corrected chi connectivity index (χ4v) is 2.83. The Morgan fingerprint density at radius 2 is 2.15 bits per heavy atom. The number of aliphatic hydroxyl groups is 1. The molecule has 3 aromatic rings. The summed E-state index contributed by atoms with van der Waals surface area (Å²) in [5.41, 5.74) is 3.91. The molecule has 1 aromatic carbocycles. The van der Waals surface area contributed by atoms with Crippen LogP contribution in [-0.4, -0.2) is 31.2 Å². The molecule has 104 valence electrons. The van der Waals surface area contributed by atoms with Crippen LogP contribution in [0.4, 0.5) is 0 Å². The third-order valence-electron chi connectivity index (χ3n) is 3.44. The fourth-order valence-electron chi connectivity index (χ4n) is 2.28. The van der Waals surface area contributed by atoms with Gasteiger partial charge in [-0.25, -0.2) is 9.97 Å². The van der Waals surface area contributed by atoms with Crippen LogP contribution in [0.2, 0.25) is 0 Å². The highest BCUT2D eigenvalue weighted by Gasteiger charge is 2.12. The van der Waals surface area contributed by atoms with E-state index in [1.165, 1.54) is 0 Å². The largest absolute Gasteiger partial charge is 0.396 e. The monoisotopic (exact) mass is 334 g/mol. The molecule has 0 saturated carbocycles. The van der Waals surface area contributed by atoms with Crippen molar-refractivity contribution in [3.8, 4) is 11.3 Å². The summed E-state index contributed by atoms with van der Waals surface area (Å²) in [6.45, 7) is 2.07. The number of hydrogen-bond acceptors (Lipinski definition) is 3. The van der Waals surface area contributed by atoms with Gasteiger partial charge in [0.2, 0.25) is 0 Å². The van der Waals surface area contributed by atoms with E-state index in [2.05, 4.69) is 41.5 Å². The topological polar surface area (TPSA) is 66.7 Å². The first-order valence-corrected chi connectivity index (χ1v) is 7.18. The first-order valence-electron chi connectivity index (χ1n) is 6.39. The number of nitrogens with one attached hydrogen (secondary N) is 1. The average molecular weight is 335 g/mol. The highest BCUT2D eigenvalue weighted by Crippen LogP contribution is 2.28. The number of aliphatic hydroxyl groups excluding tert-OH is 1. The van der Waals surface area contributed by atoms with Crippen molar-refractivity contribution in [1.29, 1.82) is 0 Å². The van der Waals surface area contributed by atoms with Crippen molar-refractivity contribution in [2.75, 3.05) is 6.61 Å². The van der Waals surface area contributed by atoms with Crippen LogP contribution in [0, 0.1) is 6.92 Å². The third-order valence-corrected chi connectivity index (χ3v) is 4.01. The minimum absolute atomic E-state index is 0.0812. The van der Waals surface area contributed by atoms with Crippen molar-refractivity contribution >= 4 is 27.0 Å². The molecule has 0 aliphatic carbocycles. The normalized spacial score (nSPS) is 11.4. The van der Waals surface area contributed by atoms with Crippen LogP contribution in [0.3, 0.4) is 0 Å². The van der Waals surface area contributed by atoms with Gasteiger partial charge in [-0.2, -0.15) is 0 Å². The molecule has 6 heteroatoms. The summed E-state index contributed by atoms with van der Waals surface area (Å²) >= 11 is 3.48. The number of aryl methyl sites for hydroxylation is 2. The molecule has 0 radical (unpaired) electrons. The summed E-state index contributed by atoms with van der Waals surface area (Å²) < 4.78 is 2.89. The molecule has 2 aromatic heterocycles. The smallest absolute Gasteiger partial charge is 0.110 e. The van der Waals surface area contributed by atoms with E-state index in [9.17, 15) is 0 Å². The van der Waals surface area contributed by atoms with Crippen molar-refractivity contribution in [2.45, 2.75) is 13.3 Å². The molecule has 5 nitrogen and oxygen atoms in total. The molecule has 0 saturated heterocycles. The summed E-state index contributed by atoms with van der Waals surface area (Å²) in [7, 11) is 2.01. The van der Waals surface area contributed by atoms with Gasteiger partial charge in [0.15, 0.2) is 0 Å². The van der Waals surface area contributed by atoms with Gasteiger partial charge in [-0.15, -0.1) is 0 Å². The number of nitrogens with zero attached hydrogens (tertiary/aromatic N) is 3. The van der Waals surface area contributed by atoms with Gasteiger partial charge in [0.05, 0.1) is 17.6 Å². The Labute approximate surface area is 124 Å². The molecule has 0 amide bonds. The number of aromatic nitrogens is 4. The van der Waals surface area contributed by atoms with Gasteiger partial charge in [-0.3, -0.25) is 0 Å². The minimum atomic E-state index is 0.0812.